The molecule has 0 aliphatic rings. The summed E-state index contributed by atoms with van der Waals surface area (Å²) in [5.74, 6) is -1.58. The maximum Gasteiger partial charge on any atom is 0.382 e. The summed E-state index contributed by atoms with van der Waals surface area (Å²) >= 11 is 1.19. The molecule has 0 unspecified atom stereocenters. The fourth-order valence-electron chi connectivity index (χ4n) is 1.15. The second-order valence-electron chi connectivity index (χ2n) is 2.81. The monoisotopic (exact) mass is 221 g/mol. The van der Waals surface area contributed by atoms with Crippen molar-refractivity contribution in [2.45, 2.75) is 0 Å². The summed E-state index contributed by atoms with van der Waals surface area (Å²) in [6.45, 7) is 0. The van der Waals surface area contributed by atoms with Gasteiger partial charge in [0.25, 0.3) is 5.78 Å². The molecule has 0 aliphatic carbocycles. The van der Waals surface area contributed by atoms with Crippen molar-refractivity contribution >= 4 is 33.3 Å². The zero-order chi connectivity index (χ0) is 10.8. The van der Waals surface area contributed by atoms with Crippen molar-refractivity contribution in [1.82, 2.24) is 4.98 Å². The first-order valence-corrected chi connectivity index (χ1v) is 5.02. The fraction of sp³-hybridized carbons (Fsp3) is 0.100. The SMILES string of the molecule is COC(=O)C(=O)c1nc2ccccc2s1. The Morgan fingerprint density at radius 3 is 2.73 bits per heavy atom. The average molecular weight is 221 g/mol. The summed E-state index contributed by atoms with van der Waals surface area (Å²) in [5, 5.41) is 0.169. The Balaban J connectivity index is 2.45. The number of nitrogens with zero attached hydrogens (tertiary/aromatic N) is 1. The molecule has 0 aliphatic heterocycles. The summed E-state index contributed by atoms with van der Waals surface area (Å²) in [6, 6.07) is 7.32. The van der Waals surface area contributed by atoms with Gasteiger partial charge in [0, 0.05) is 0 Å². The number of para-hydroxylation sites is 1. The number of benzene rings is 1. The van der Waals surface area contributed by atoms with E-state index in [9.17, 15) is 9.59 Å². The number of ether oxygens (including phenoxy) is 1. The summed E-state index contributed by atoms with van der Waals surface area (Å²) in [7, 11) is 1.17. The number of hydrogen-bond acceptors (Lipinski definition) is 5. The van der Waals surface area contributed by atoms with Gasteiger partial charge in [-0.15, -0.1) is 11.3 Å². The summed E-state index contributed by atoms with van der Waals surface area (Å²) in [6.07, 6.45) is 0. The number of rotatable bonds is 2. The minimum absolute atomic E-state index is 0.169. The molecule has 0 saturated carbocycles. The van der Waals surface area contributed by atoms with Crippen LogP contribution in [0.1, 0.15) is 9.80 Å². The first-order valence-electron chi connectivity index (χ1n) is 4.20. The molecular formula is C10H7NO3S. The number of carbonyl (C=O) groups excluding carboxylic acids is 2. The van der Waals surface area contributed by atoms with Crippen LogP contribution in [0.5, 0.6) is 0 Å². The first kappa shape index (κ1) is 9.79. The Morgan fingerprint density at radius 2 is 2.07 bits per heavy atom. The van der Waals surface area contributed by atoms with Crippen LogP contribution in [-0.2, 0) is 9.53 Å². The van der Waals surface area contributed by atoms with Gasteiger partial charge in [0.2, 0.25) is 0 Å². The lowest BCUT2D eigenvalue weighted by atomic mass is 10.3. The molecule has 76 valence electrons. The highest BCUT2D eigenvalue weighted by atomic mass is 32.1. The van der Waals surface area contributed by atoms with Crippen LogP contribution in [0.4, 0.5) is 0 Å². The van der Waals surface area contributed by atoms with Crippen molar-refractivity contribution in [3.63, 3.8) is 0 Å². The molecule has 15 heavy (non-hydrogen) atoms. The van der Waals surface area contributed by atoms with Gasteiger partial charge in [-0.2, -0.15) is 0 Å². The van der Waals surface area contributed by atoms with E-state index in [1.54, 1.807) is 6.07 Å². The third-order valence-electron chi connectivity index (χ3n) is 1.86. The van der Waals surface area contributed by atoms with Crippen molar-refractivity contribution in [2.75, 3.05) is 7.11 Å². The van der Waals surface area contributed by atoms with E-state index < -0.39 is 11.8 Å². The highest BCUT2D eigenvalue weighted by Gasteiger charge is 2.20. The molecular weight excluding hydrogens is 214 g/mol. The quantitative estimate of drug-likeness (QED) is 0.439. The molecule has 1 aromatic heterocycles. The fourth-order valence-corrected chi connectivity index (χ4v) is 2.04. The molecule has 4 nitrogen and oxygen atoms in total. The van der Waals surface area contributed by atoms with Gasteiger partial charge in [0.1, 0.15) is 0 Å². The topological polar surface area (TPSA) is 56.3 Å². The van der Waals surface area contributed by atoms with Gasteiger partial charge < -0.3 is 4.74 Å². The molecule has 0 saturated heterocycles. The Bertz CT molecular complexity index is 499. The maximum absolute atomic E-state index is 11.4. The molecule has 0 spiro atoms. The maximum atomic E-state index is 11.4. The summed E-state index contributed by atoms with van der Waals surface area (Å²) in [4.78, 5) is 26.5. The van der Waals surface area contributed by atoms with Crippen LogP contribution in [0, 0.1) is 0 Å². The summed E-state index contributed by atoms with van der Waals surface area (Å²) in [5.41, 5.74) is 0.717. The molecule has 0 amide bonds. The molecule has 1 aromatic carbocycles. The minimum Gasteiger partial charge on any atom is -0.463 e. The average Bonchev–Trinajstić information content (AvgIpc) is 2.70. The van der Waals surface area contributed by atoms with Crippen LogP contribution in [-0.4, -0.2) is 23.8 Å². The molecule has 2 rings (SSSR count). The van der Waals surface area contributed by atoms with Crippen molar-refractivity contribution in [3.05, 3.63) is 29.3 Å². The lowest BCUT2D eigenvalue weighted by Gasteiger charge is -1.91. The molecule has 5 heteroatoms. The number of thiazole rings is 1. The number of hydrogen-bond donors (Lipinski definition) is 0. The van der Waals surface area contributed by atoms with Gasteiger partial charge in [0.05, 0.1) is 17.3 Å². The van der Waals surface area contributed by atoms with E-state index in [-0.39, 0.29) is 5.01 Å². The standard InChI is InChI=1S/C10H7NO3S/c1-14-10(13)8(12)9-11-6-4-2-3-5-7(6)15-9/h2-5H,1H3. The van der Waals surface area contributed by atoms with E-state index in [0.29, 0.717) is 0 Å². The predicted molar refractivity (Wildman–Crippen MR) is 56.0 cm³/mol. The molecule has 2 aromatic rings. The Labute approximate surface area is 89.5 Å². The zero-order valence-electron chi connectivity index (χ0n) is 7.89. The summed E-state index contributed by atoms with van der Waals surface area (Å²) < 4.78 is 5.22. The highest BCUT2D eigenvalue weighted by Crippen LogP contribution is 2.21. The number of aromatic nitrogens is 1. The normalized spacial score (nSPS) is 10.2. The third kappa shape index (κ3) is 1.73. The molecule has 0 radical (unpaired) electrons. The lowest BCUT2D eigenvalue weighted by molar-refractivity contribution is -0.135. The minimum atomic E-state index is -0.881. The number of Topliss-reactive ketones (excluding diaryl/α,β-unsaturated/α-hetero) is 1. The van der Waals surface area contributed by atoms with E-state index in [1.165, 1.54) is 18.4 Å². The van der Waals surface area contributed by atoms with Crippen LogP contribution >= 0.6 is 11.3 Å². The predicted octanol–water partition coefficient (Wildman–Crippen LogP) is 1.65. The van der Waals surface area contributed by atoms with Crippen molar-refractivity contribution in [2.24, 2.45) is 0 Å². The van der Waals surface area contributed by atoms with E-state index in [2.05, 4.69) is 9.72 Å². The molecule has 1 heterocycles. The first-order chi connectivity index (χ1) is 7.22. The van der Waals surface area contributed by atoms with Crippen molar-refractivity contribution in [3.8, 4) is 0 Å². The third-order valence-corrected chi connectivity index (χ3v) is 2.89. The van der Waals surface area contributed by atoms with Crippen LogP contribution in [0.3, 0.4) is 0 Å². The van der Waals surface area contributed by atoms with Crippen LogP contribution in [0.25, 0.3) is 10.2 Å². The Kier molecular flexibility index (Phi) is 2.47. The highest BCUT2D eigenvalue weighted by molar-refractivity contribution is 7.20. The number of esters is 1. The second-order valence-corrected chi connectivity index (χ2v) is 3.84. The van der Waals surface area contributed by atoms with Crippen molar-refractivity contribution < 1.29 is 14.3 Å². The number of fused-ring (bicyclic) bond motifs is 1. The number of methoxy groups -OCH3 is 1. The lowest BCUT2D eigenvalue weighted by Crippen LogP contribution is -2.15. The van der Waals surface area contributed by atoms with Crippen LogP contribution in [0.15, 0.2) is 24.3 Å². The molecule has 0 bridgehead atoms. The molecule has 0 atom stereocenters. The van der Waals surface area contributed by atoms with E-state index in [1.807, 2.05) is 18.2 Å². The van der Waals surface area contributed by atoms with E-state index >= 15 is 0 Å². The van der Waals surface area contributed by atoms with Gasteiger partial charge in [-0.25, -0.2) is 9.78 Å². The molecule has 0 fully saturated rings. The van der Waals surface area contributed by atoms with E-state index in [4.69, 9.17) is 0 Å². The second kappa shape index (κ2) is 3.78. The Hall–Kier alpha value is -1.75. The number of ketones is 1. The van der Waals surface area contributed by atoms with E-state index in [0.717, 1.165) is 10.2 Å². The van der Waals surface area contributed by atoms with Gasteiger partial charge in [-0.05, 0) is 12.1 Å². The zero-order valence-corrected chi connectivity index (χ0v) is 8.71. The van der Waals surface area contributed by atoms with Gasteiger partial charge >= 0.3 is 5.97 Å². The van der Waals surface area contributed by atoms with Crippen molar-refractivity contribution in [1.29, 1.82) is 0 Å². The van der Waals surface area contributed by atoms with Crippen LogP contribution < -0.4 is 0 Å². The van der Waals surface area contributed by atoms with Gasteiger partial charge in [-0.3, -0.25) is 4.79 Å². The van der Waals surface area contributed by atoms with Gasteiger partial charge in [0.15, 0.2) is 5.01 Å². The number of carbonyl (C=O) groups is 2. The Morgan fingerprint density at radius 1 is 1.33 bits per heavy atom. The van der Waals surface area contributed by atoms with Gasteiger partial charge in [-0.1, -0.05) is 12.1 Å². The smallest absolute Gasteiger partial charge is 0.382 e. The molecule has 0 N–H and O–H groups in total. The van der Waals surface area contributed by atoms with Crippen LogP contribution in [0.2, 0.25) is 0 Å². The largest absolute Gasteiger partial charge is 0.463 e.